The summed E-state index contributed by atoms with van der Waals surface area (Å²) in [6.07, 6.45) is 10.3. The lowest BCUT2D eigenvalue weighted by atomic mass is 9.83. The van der Waals surface area contributed by atoms with Gasteiger partial charge in [-0.1, -0.05) is 19.3 Å². The first-order valence-corrected chi connectivity index (χ1v) is 8.27. The van der Waals surface area contributed by atoms with Crippen molar-refractivity contribution in [2.75, 3.05) is 0 Å². The second-order valence-electron chi connectivity index (χ2n) is 7.78. The summed E-state index contributed by atoms with van der Waals surface area (Å²) >= 11 is 0. The van der Waals surface area contributed by atoms with Gasteiger partial charge in [0, 0.05) is 24.0 Å². The van der Waals surface area contributed by atoms with Crippen LogP contribution in [0, 0.1) is 0 Å². The van der Waals surface area contributed by atoms with E-state index in [2.05, 4.69) is 38.3 Å². The Bertz CT molecular complexity index is 290. The van der Waals surface area contributed by atoms with E-state index >= 15 is 0 Å². The zero-order valence-corrected chi connectivity index (χ0v) is 14.1. The summed E-state index contributed by atoms with van der Waals surface area (Å²) in [7, 11) is 0. The summed E-state index contributed by atoms with van der Waals surface area (Å²) in [5.74, 6) is 0.118. The minimum atomic E-state index is 0.118. The monoisotopic (exact) mass is 282 g/mol. The van der Waals surface area contributed by atoms with E-state index in [1.54, 1.807) is 6.92 Å². The van der Waals surface area contributed by atoms with Gasteiger partial charge in [0.15, 0.2) is 0 Å². The van der Waals surface area contributed by atoms with Gasteiger partial charge in [0.05, 0.1) is 0 Å². The van der Waals surface area contributed by atoms with Crippen LogP contribution >= 0.6 is 0 Å². The van der Waals surface area contributed by atoms with Crippen molar-refractivity contribution in [2.45, 2.75) is 103 Å². The van der Waals surface area contributed by atoms with Gasteiger partial charge in [-0.3, -0.25) is 4.79 Å². The fraction of sp³-hybridized carbons (Fsp3) is 0.941. The van der Waals surface area contributed by atoms with E-state index in [9.17, 15) is 4.79 Å². The maximum absolute atomic E-state index is 10.6. The van der Waals surface area contributed by atoms with Crippen LogP contribution in [0.2, 0.25) is 0 Å². The molecular formula is C17H34N2O. The standard InChI is InChI=1S/C9H19N.C8H15NO/c1-8(2)6-5-7-9(3,4)10-8;1-7(10)9-8-5-3-2-4-6-8/h10H,5-7H2,1-4H3;8H,2-6H2,1H3,(H,9,10). The molecular weight excluding hydrogens is 248 g/mol. The number of carbonyl (C=O) groups excluding carboxylic acids is 1. The number of amides is 1. The van der Waals surface area contributed by atoms with Crippen molar-refractivity contribution in [1.82, 2.24) is 10.6 Å². The number of rotatable bonds is 1. The van der Waals surface area contributed by atoms with Gasteiger partial charge in [0.25, 0.3) is 0 Å². The lowest BCUT2D eigenvalue weighted by Gasteiger charge is -2.42. The molecule has 1 saturated heterocycles. The van der Waals surface area contributed by atoms with Gasteiger partial charge in [0.2, 0.25) is 5.91 Å². The number of piperidine rings is 1. The van der Waals surface area contributed by atoms with E-state index in [0.29, 0.717) is 17.1 Å². The zero-order valence-electron chi connectivity index (χ0n) is 14.1. The molecule has 2 fully saturated rings. The smallest absolute Gasteiger partial charge is 0.217 e. The van der Waals surface area contributed by atoms with Gasteiger partial charge >= 0.3 is 0 Å². The molecule has 0 unspecified atom stereocenters. The molecule has 0 aromatic rings. The predicted molar refractivity (Wildman–Crippen MR) is 85.8 cm³/mol. The Morgan fingerprint density at radius 1 is 0.950 bits per heavy atom. The van der Waals surface area contributed by atoms with E-state index in [-0.39, 0.29) is 5.91 Å². The molecule has 2 N–H and O–H groups in total. The second-order valence-corrected chi connectivity index (χ2v) is 7.78. The molecule has 1 aliphatic carbocycles. The Labute approximate surface area is 125 Å². The Morgan fingerprint density at radius 2 is 1.45 bits per heavy atom. The molecule has 20 heavy (non-hydrogen) atoms. The molecule has 0 atom stereocenters. The van der Waals surface area contributed by atoms with Crippen molar-refractivity contribution < 1.29 is 4.79 Å². The van der Waals surface area contributed by atoms with Crippen LogP contribution in [-0.4, -0.2) is 23.0 Å². The molecule has 1 aliphatic heterocycles. The third kappa shape index (κ3) is 7.28. The molecule has 1 saturated carbocycles. The first-order valence-electron chi connectivity index (χ1n) is 8.27. The molecule has 1 heterocycles. The summed E-state index contributed by atoms with van der Waals surface area (Å²) in [6.45, 7) is 10.7. The van der Waals surface area contributed by atoms with Gasteiger partial charge in [-0.05, 0) is 59.8 Å². The molecule has 118 valence electrons. The Hall–Kier alpha value is -0.570. The van der Waals surface area contributed by atoms with Crippen molar-refractivity contribution in [1.29, 1.82) is 0 Å². The van der Waals surface area contributed by atoms with Crippen molar-refractivity contribution in [2.24, 2.45) is 0 Å². The zero-order chi connectivity index (χ0) is 15.2. The molecule has 0 aromatic heterocycles. The summed E-state index contributed by atoms with van der Waals surface area (Å²) < 4.78 is 0. The average molecular weight is 282 g/mol. The van der Waals surface area contributed by atoms with Crippen LogP contribution in [0.15, 0.2) is 0 Å². The topological polar surface area (TPSA) is 41.1 Å². The summed E-state index contributed by atoms with van der Waals surface area (Å²) in [5, 5.41) is 6.57. The number of carbonyl (C=O) groups is 1. The number of nitrogens with one attached hydrogen (secondary N) is 2. The maximum atomic E-state index is 10.6. The van der Waals surface area contributed by atoms with Crippen molar-refractivity contribution in [3.05, 3.63) is 0 Å². The van der Waals surface area contributed by atoms with Crippen molar-refractivity contribution in [3.63, 3.8) is 0 Å². The van der Waals surface area contributed by atoms with E-state index in [1.807, 2.05) is 0 Å². The third-order valence-corrected chi connectivity index (χ3v) is 4.29. The highest BCUT2D eigenvalue weighted by atomic mass is 16.1. The average Bonchev–Trinajstić information content (AvgIpc) is 2.26. The highest BCUT2D eigenvalue weighted by molar-refractivity contribution is 5.73. The molecule has 3 heteroatoms. The van der Waals surface area contributed by atoms with Crippen LogP contribution in [0.25, 0.3) is 0 Å². The van der Waals surface area contributed by atoms with Gasteiger partial charge in [-0.15, -0.1) is 0 Å². The highest BCUT2D eigenvalue weighted by Crippen LogP contribution is 2.27. The largest absolute Gasteiger partial charge is 0.354 e. The van der Waals surface area contributed by atoms with Crippen molar-refractivity contribution in [3.8, 4) is 0 Å². The molecule has 0 spiro atoms. The normalized spacial score (nSPS) is 25.2. The first kappa shape index (κ1) is 17.5. The molecule has 1 amide bonds. The SMILES string of the molecule is CC(=O)NC1CCCCC1.CC1(C)CCCC(C)(C)N1. The fourth-order valence-corrected chi connectivity index (χ4v) is 3.55. The quantitative estimate of drug-likeness (QED) is 0.768. The van der Waals surface area contributed by atoms with Crippen LogP contribution in [0.4, 0.5) is 0 Å². The van der Waals surface area contributed by atoms with Gasteiger partial charge in [-0.25, -0.2) is 0 Å². The van der Waals surface area contributed by atoms with Crippen LogP contribution in [0.1, 0.15) is 86.0 Å². The molecule has 0 radical (unpaired) electrons. The maximum Gasteiger partial charge on any atom is 0.217 e. The van der Waals surface area contributed by atoms with E-state index < -0.39 is 0 Å². The third-order valence-electron chi connectivity index (χ3n) is 4.29. The molecule has 3 nitrogen and oxygen atoms in total. The minimum Gasteiger partial charge on any atom is -0.354 e. The Morgan fingerprint density at radius 3 is 1.80 bits per heavy atom. The van der Waals surface area contributed by atoms with Crippen LogP contribution in [-0.2, 0) is 4.79 Å². The fourth-order valence-electron chi connectivity index (χ4n) is 3.55. The second kappa shape index (κ2) is 7.44. The van der Waals surface area contributed by atoms with Crippen LogP contribution in [0.3, 0.4) is 0 Å². The van der Waals surface area contributed by atoms with Gasteiger partial charge < -0.3 is 10.6 Å². The van der Waals surface area contributed by atoms with Gasteiger partial charge in [-0.2, -0.15) is 0 Å². The molecule has 2 rings (SSSR count). The Kier molecular flexibility index (Phi) is 6.50. The van der Waals surface area contributed by atoms with Crippen LogP contribution in [0.5, 0.6) is 0 Å². The predicted octanol–water partition coefficient (Wildman–Crippen LogP) is 3.77. The van der Waals surface area contributed by atoms with E-state index in [0.717, 1.165) is 0 Å². The lowest BCUT2D eigenvalue weighted by Crippen LogP contribution is -2.55. The minimum absolute atomic E-state index is 0.118. The number of hydrogen-bond donors (Lipinski definition) is 2. The van der Waals surface area contributed by atoms with Crippen LogP contribution < -0.4 is 10.6 Å². The van der Waals surface area contributed by atoms with Gasteiger partial charge in [0.1, 0.15) is 0 Å². The number of hydrogen-bond acceptors (Lipinski definition) is 2. The van der Waals surface area contributed by atoms with E-state index in [4.69, 9.17) is 0 Å². The summed E-state index contributed by atoms with van der Waals surface area (Å²) in [6, 6.07) is 0.478. The first-order chi connectivity index (χ1) is 9.20. The summed E-state index contributed by atoms with van der Waals surface area (Å²) in [4.78, 5) is 10.6. The molecule has 2 aliphatic rings. The lowest BCUT2D eigenvalue weighted by molar-refractivity contribution is -0.119. The van der Waals surface area contributed by atoms with E-state index in [1.165, 1.54) is 51.4 Å². The molecule has 0 bridgehead atoms. The highest BCUT2D eigenvalue weighted by Gasteiger charge is 2.31. The Balaban J connectivity index is 0.000000200. The summed E-state index contributed by atoms with van der Waals surface area (Å²) in [5.41, 5.74) is 0.726. The molecule has 0 aromatic carbocycles. The van der Waals surface area contributed by atoms with Crippen molar-refractivity contribution >= 4 is 5.91 Å².